The van der Waals surface area contributed by atoms with Crippen molar-refractivity contribution in [3.8, 4) is 0 Å². The van der Waals surface area contributed by atoms with Gasteiger partial charge in [0.25, 0.3) is 0 Å². The van der Waals surface area contributed by atoms with Crippen LogP contribution in [0.25, 0.3) is 0 Å². The molecule has 3 fully saturated rings. The van der Waals surface area contributed by atoms with E-state index in [0.717, 1.165) is 6.04 Å². The maximum absolute atomic E-state index is 2.75. The molecule has 0 spiro atoms. The molecule has 0 aromatic carbocycles. The molecule has 1 saturated carbocycles. The number of hydrogen-bond donors (Lipinski definition) is 0. The van der Waals surface area contributed by atoms with E-state index in [1.807, 2.05) is 0 Å². The number of piperazine rings is 1. The van der Waals surface area contributed by atoms with Crippen molar-refractivity contribution in [1.29, 1.82) is 0 Å². The Labute approximate surface area is 104 Å². The van der Waals surface area contributed by atoms with Crippen LogP contribution in [0.4, 0.5) is 0 Å². The Bertz CT molecular complexity index is 247. The minimum Gasteiger partial charge on any atom is -0.299 e. The fraction of sp³-hybridized carbons (Fsp3) is 1.00. The Kier molecular flexibility index (Phi) is 3.20. The van der Waals surface area contributed by atoms with Crippen molar-refractivity contribution < 1.29 is 0 Å². The molecule has 1 atom stereocenters. The van der Waals surface area contributed by atoms with Gasteiger partial charge in [-0.3, -0.25) is 9.80 Å². The quantitative estimate of drug-likeness (QED) is 0.745. The minimum absolute atomic E-state index is 0.640. The standard InChI is InChI=1S/C13H24N2S/c1-16-13(5-3-6-13)11-14-8-9-15-7-2-4-12(15)10-14/h12H,2-11H2,1H3. The van der Waals surface area contributed by atoms with Gasteiger partial charge in [0, 0.05) is 37.0 Å². The first-order chi connectivity index (χ1) is 7.81. The van der Waals surface area contributed by atoms with Crippen LogP contribution in [0.2, 0.25) is 0 Å². The molecule has 2 nitrogen and oxygen atoms in total. The lowest BCUT2D eigenvalue weighted by atomic mass is 9.83. The van der Waals surface area contributed by atoms with Crippen LogP contribution in [0.1, 0.15) is 32.1 Å². The SMILES string of the molecule is CSC1(CN2CCN3CCCC3C2)CCC1. The summed E-state index contributed by atoms with van der Waals surface area (Å²) in [6.45, 7) is 6.72. The van der Waals surface area contributed by atoms with Gasteiger partial charge in [0.15, 0.2) is 0 Å². The van der Waals surface area contributed by atoms with E-state index in [2.05, 4.69) is 27.8 Å². The molecule has 92 valence electrons. The maximum atomic E-state index is 2.75. The second kappa shape index (κ2) is 4.51. The molecule has 2 heterocycles. The predicted octanol–water partition coefficient (Wildman–Crippen LogP) is 2.05. The Balaban J connectivity index is 1.56. The van der Waals surface area contributed by atoms with E-state index >= 15 is 0 Å². The molecule has 16 heavy (non-hydrogen) atoms. The van der Waals surface area contributed by atoms with Crippen molar-refractivity contribution in [2.75, 3.05) is 39.0 Å². The summed E-state index contributed by atoms with van der Waals surface area (Å²) in [7, 11) is 0. The number of nitrogens with zero attached hydrogens (tertiary/aromatic N) is 2. The summed E-state index contributed by atoms with van der Waals surface area (Å²) < 4.78 is 0.640. The molecule has 0 N–H and O–H groups in total. The van der Waals surface area contributed by atoms with E-state index in [9.17, 15) is 0 Å². The molecular formula is C13H24N2S. The van der Waals surface area contributed by atoms with E-state index in [1.165, 1.54) is 64.8 Å². The Morgan fingerprint density at radius 1 is 1.19 bits per heavy atom. The molecule has 0 bridgehead atoms. The lowest BCUT2D eigenvalue weighted by Crippen LogP contribution is -2.55. The average Bonchev–Trinajstić information content (AvgIpc) is 2.70. The molecule has 2 saturated heterocycles. The second-order valence-corrected chi connectivity index (χ2v) is 7.08. The highest BCUT2D eigenvalue weighted by atomic mass is 32.2. The van der Waals surface area contributed by atoms with Gasteiger partial charge in [-0.05, 0) is 38.5 Å². The van der Waals surface area contributed by atoms with E-state index in [4.69, 9.17) is 0 Å². The van der Waals surface area contributed by atoms with Crippen molar-refractivity contribution in [1.82, 2.24) is 9.80 Å². The smallest absolute Gasteiger partial charge is 0.0284 e. The van der Waals surface area contributed by atoms with Crippen LogP contribution < -0.4 is 0 Å². The van der Waals surface area contributed by atoms with Crippen LogP contribution in [0.5, 0.6) is 0 Å². The summed E-state index contributed by atoms with van der Waals surface area (Å²) in [5.41, 5.74) is 0. The van der Waals surface area contributed by atoms with Gasteiger partial charge >= 0.3 is 0 Å². The molecule has 1 aliphatic carbocycles. The highest BCUT2D eigenvalue weighted by Crippen LogP contribution is 2.43. The minimum atomic E-state index is 0.640. The van der Waals surface area contributed by atoms with Crippen LogP contribution in [-0.2, 0) is 0 Å². The number of hydrogen-bond acceptors (Lipinski definition) is 3. The molecule has 3 rings (SSSR count). The lowest BCUT2D eigenvalue weighted by Gasteiger charge is -2.47. The molecule has 3 aliphatic rings. The highest BCUT2D eigenvalue weighted by molar-refractivity contribution is 8.00. The molecule has 0 aromatic rings. The van der Waals surface area contributed by atoms with Crippen molar-refractivity contribution in [3.63, 3.8) is 0 Å². The maximum Gasteiger partial charge on any atom is 0.0284 e. The predicted molar refractivity (Wildman–Crippen MR) is 71.1 cm³/mol. The van der Waals surface area contributed by atoms with Crippen LogP contribution >= 0.6 is 11.8 Å². The Hall–Kier alpha value is 0.270. The summed E-state index contributed by atoms with van der Waals surface area (Å²) in [4.78, 5) is 5.46. The van der Waals surface area contributed by atoms with Gasteiger partial charge in [0.05, 0.1) is 0 Å². The van der Waals surface area contributed by atoms with Crippen LogP contribution in [-0.4, -0.2) is 59.6 Å². The Morgan fingerprint density at radius 3 is 2.75 bits per heavy atom. The largest absolute Gasteiger partial charge is 0.299 e. The third-order valence-corrected chi connectivity index (χ3v) is 6.28. The zero-order chi connectivity index (χ0) is 11.0. The molecule has 3 heteroatoms. The summed E-state index contributed by atoms with van der Waals surface area (Å²) in [5, 5.41) is 0. The molecule has 1 unspecified atom stereocenters. The topological polar surface area (TPSA) is 6.48 Å². The van der Waals surface area contributed by atoms with Gasteiger partial charge in [0.1, 0.15) is 0 Å². The third kappa shape index (κ3) is 2.02. The van der Waals surface area contributed by atoms with Gasteiger partial charge in [-0.25, -0.2) is 0 Å². The zero-order valence-corrected chi connectivity index (χ0v) is 11.3. The Morgan fingerprint density at radius 2 is 2.06 bits per heavy atom. The average molecular weight is 240 g/mol. The van der Waals surface area contributed by atoms with Gasteiger partial charge in [-0.15, -0.1) is 0 Å². The van der Waals surface area contributed by atoms with Gasteiger partial charge in [0.2, 0.25) is 0 Å². The van der Waals surface area contributed by atoms with Crippen LogP contribution in [0, 0.1) is 0 Å². The van der Waals surface area contributed by atoms with E-state index in [1.54, 1.807) is 0 Å². The molecule has 0 radical (unpaired) electrons. The molecule has 0 aromatic heterocycles. The second-order valence-electron chi connectivity index (χ2n) is 5.81. The van der Waals surface area contributed by atoms with Crippen LogP contribution in [0.3, 0.4) is 0 Å². The van der Waals surface area contributed by atoms with Gasteiger partial charge in [-0.1, -0.05) is 6.42 Å². The van der Waals surface area contributed by atoms with Gasteiger partial charge < -0.3 is 0 Å². The van der Waals surface area contributed by atoms with Crippen molar-refractivity contribution >= 4 is 11.8 Å². The van der Waals surface area contributed by atoms with Crippen molar-refractivity contribution in [3.05, 3.63) is 0 Å². The first kappa shape index (κ1) is 11.4. The first-order valence-electron chi connectivity index (χ1n) is 6.83. The molecule has 0 amide bonds. The number of fused-ring (bicyclic) bond motifs is 1. The summed E-state index contributed by atoms with van der Waals surface area (Å²) in [6, 6.07) is 0.896. The van der Waals surface area contributed by atoms with Crippen molar-refractivity contribution in [2.45, 2.75) is 42.9 Å². The molecule has 2 aliphatic heterocycles. The highest BCUT2D eigenvalue weighted by Gasteiger charge is 2.40. The summed E-state index contributed by atoms with van der Waals surface area (Å²) >= 11 is 2.12. The number of rotatable bonds is 3. The van der Waals surface area contributed by atoms with E-state index < -0.39 is 0 Å². The van der Waals surface area contributed by atoms with E-state index in [-0.39, 0.29) is 0 Å². The number of thioether (sulfide) groups is 1. The van der Waals surface area contributed by atoms with Gasteiger partial charge in [-0.2, -0.15) is 11.8 Å². The normalized spacial score (nSPS) is 34.7. The monoisotopic (exact) mass is 240 g/mol. The zero-order valence-electron chi connectivity index (χ0n) is 10.5. The summed E-state index contributed by atoms with van der Waals surface area (Å²) in [5.74, 6) is 0. The summed E-state index contributed by atoms with van der Waals surface area (Å²) in [6.07, 6.45) is 9.57. The van der Waals surface area contributed by atoms with Crippen molar-refractivity contribution in [2.24, 2.45) is 0 Å². The fourth-order valence-electron chi connectivity index (χ4n) is 3.60. The lowest BCUT2D eigenvalue weighted by molar-refractivity contribution is 0.0864. The first-order valence-corrected chi connectivity index (χ1v) is 8.05. The van der Waals surface area contributed by atoms with Crippen LogP contribution in [0.15, 0.2) is 0 Å². The van der Waals surface area contributed by atoms with E-state index in [0.29, 0.717) is 4.75 Å². The third-order valence-electron chi connectivity index (χ3n) is 4.88. The fourth-order valence-corrected chi connectivity index (χ4v) is 4.61. The molecular weight excluding hydrogens is 216 g/mol.